The Labute approximate surface area is 110 Å². The van der Waals surface area contributed by atoms with Crippen LogP contribution in [0.5, 0.6) is 0 Å². The number of thioether (sulfide) groups is 1. The molecular weight excluding hydrogens is 256 g/mol. The molecule has 0 aliphatic rings. The number of aliphatic carboxylic acids is 1. The van der Waals surface area contributed by atoms with E-state index in [-0.39, 0.29) is 17.0 Å². The minimum Gasteiger partial charge on any atom is -0.478 e. The van der Waals surface area contributed by atoms with Crippen LogP contribution in [0.2, 0.25) is 0 Å². The predicted molar refractivity (Wildman–Crippen MR) is 69.2 cm³/mol. The lowest BCUT2D eigenvalue weighted by molar-refractivity contribution is -0.138. The zero-order chi connectivity index (χ0) is 14.0. The van der Waals surface area contributed by atoms with E-state index in [2.05, 4.69) is 6.58 Å². The summed E-state index contributed by atoms with van der Waals surface area (Å²) in [6.07, 6.45) is 4.43. The smallest absolute Gasteiger partial charge is 0.331 e. The van der Waals surface area contributed by atoms with E-state index in [1.807, 2.05) is 0 Å². The van der Waals surface area contributed by atoms with Gasteiger partial charge in [0.1, 0.15) is 0 Å². The van der Waals surface area contributed by atoms with Gasteiger partial charge in [-0.3, -0.25) is 4.79 Å². The molecule has 18 heavy (non-hydrogen) atoms. The largest absolute Gasteiger partial charge is 0.478 e. The van der Waals surface area contributed by atoms with Crippen molar-refractivity contribution in [2.45, 2.75) is 25.0 Å². The van der Waals surface area contributed by atoms with Gasteiger partial charge >= 0.3 is 11.9 Å². The maximum Gasteiger partial charge on any atom is 0.331 e. The third-order valence-electron chi connectivity index (χ3n) is 1.81. The Hall–Kier alpha value is -1.56. The van der Waals surface area contributed by atoms with E-state index in [9.17, 15) is 14.4 Å². The lowest BCUT2D eigenvalue weighted by Gasteiger charge is -2.12. The lowest BCUT2D eigenvalue weighted by atomic mass is 10.2. The van der Waals surface area contributed by atoms with Gasteiger partial charge in [0, 0.05) is 24.3 Å². The normalized spacial score (nSPS) is 12.1. The highest BCUT2D eigenvalue weighted by Gasteiger charge is 2.11. The number of carboxylic acids is 1. The van der Waals surface area contributed by atoms with Gasteiger partial charge in [0.05, 0.1) is 6.61 Å². The van der Waals surface area contributed by atoms with Crippen molar-refractivity contribution >= 4 is 28.8 Å². The highest BCUT2D eigenvalue weighted by atomic mass is 32.2. The summed E-state index contributed by atoms with van der Waals surface area (Å²) in [6.45, 7) is 5.21. The van der Waals surface area contributed by atoms with Gasteiger partial charge in [-0.25, -0.2) is 9.59 Å². The van der Waals surface area contributed by atoms with Crippen LogP contribution in [0.15, 0.2) is 24.8 Å². The first-order valence-corrected chi connectivity index (χ1v) is 6.19. The van der Waals surface area contributed by atoms with Crippen LogP contribution >= 0.6 is 11.8 Å². The first-order chi connectivity index (χ1) is 8.45. The van der Waals surface area contributed by atoms with Gasteiger partial charge in [-0.15, -0.1) is 6.58 Å². The molecule has 0 aromatic heterocycles. The number of hydrogen-bond donors (Lipinski definition) is 1. The molecule has 5 nitrogen and oxygen atoms in total. The molecule has 0 rings (SSSR count). The second kappa shape index (κ2) is 9.47. The standard InChI is InChI=1S/C12H16O5S/c1-3-4-10(18-9(2)13)7-8-17-12(16)6-5-11(14)15/h3,5-6,10H,1,4,7-8H2,2H3,(H,14,15). The molecule has 0 spiro atoms. The van der Waals surface area contributed by atoms with Crippen LogP contribution in [0.1, 0.15) is 19.8 Å². The maximum absolute atomic E-state index is 11.0. The van der Waals surface area contributed by atoms with Gasteiger partial charge in [-0.1, -0.05) is 17.8 Å². The molecule has 0 saturated heterocycles. The van der Waals surface area contributed by atoms with Crippen LogP contribution in [0.3, 0.4) is 0 Å². The molecule has 0 aliphatic heterocycles. The van der Waals surface area contributed by atoms with Crippen LogP contribution in [-0.4, -0.2) is 34.0 Å². The van der Waals surface area contributed by atoms with Crippen molar-refractivity contribution < 1.29 is 24.2 Å². The average molecular weight is 272 g/mol. The summed E-state index contributed by atoms with van der Waals surface area (Å²) in [7, 11) is 0. The highest BCUT2D eigenvalue weighted by Crippen LogP contribution is 2.19. The zero-order valence-corrected chi connectivity index (χ0v) is 10.9. The van der Waals surface area contributed by atoms with Crippen molar-refractivity contribution in [3.63, 3.8) is 0 Å². The molecule has 1 atom stereocenters. The molecule has 0 fully saturated rings. The Kier molecular flexibility index (Phi) is 8.65. The summed E-state index contributed by atoms with van der Waals surface area (Å²) >= 11 is 1.18. The third kappa shape index (κ3) is 9.65. The summed E-state index contributed by atoms with van der Waals surface area (Å²) in [4.78, 5) is 32.1. The fraction of sp³-hybridized carbons (Fsp3) is 0.417. The van der Waals surface area contributed by atoms with E-state index >= 15 is 0 Å². The Morgan fingerprint density at radius 1 is 1.39 bits per heavy atom. The molecule has 0 heterocycles. The summed E-state index contributed by atoms with van der Waals surface area (Å²) in [5.41, 5.74) is 0. The van der Waals surface area contributed by atoms with Gasteiger partial charge in [0.2, 0.25) is 0 Å². The topological polar surface area (TPSA) is 80.7 Å². The molecule has 0 bridgehead atoms. The number of carboxylic acid groups (broad SMARTS) is 1. The third-order valence-corrected chi connectivity index (χ3v) is 2.90. The lowest BCUT2D eigenvalue weighted by Crippen LogP contribution is -2.11. The van der Waals surface area contributed by atoms with Crippen molar-refractivity contribution in [3.05, 3.63) is 24.8 Å². The van der Waals surface area contributed by atoms with Crippen molar-refractivity contribution in [2.75, 3.05) is 6.61 Å². The fourth-order valence-electron chi connectivity index (χ4n) is 1.12. The molecule has 0 radical (unpaired) electrons. The summed E-state index contributed by atoms with van der Waals surface area (Å²) in [5, 5.41) is 8.32. The van der Waals surface area contributed by atoms with Crippen LogP contribution in [0, 0.1) is 0 Å². The molecule has 0 amide bonds. The number of hydrogen-bond acceptors (Lipinski definition) is 5. The van der Waals surface area contributed by atoms with E-state index in [1.165, 1.54) is 18.7 Å². The summed E-state index contributed by atoms with van der Waals surface area (Å²) in [6, 6.07) is 0. The fourth-order valence-corrected chi connectivity index (χ4v) is 2.04. The molecule has 0 aromatic rings. The van der Waals surface area contributed by atoms with Gasteiger partial charge in [0.25, 0.3) is 0 Å². The summed E-state index contributed by atoms with van der Waals surface area (Å²) in [5.74, 6) is -1.91. The van der Waals surface area contributed by atoms with Crippen molar-refractivity contribution in [2.24, 2.45) is 0 Å². The van der Waals surface area contributed by atoms with Gasteiger partial charge in [-0.2, -0.15) is 0 Å². The molecule has 0 saturated carbocycles. The Morgan fingerprint density at radius 2 is 2.06 bits per heavy atom. The van der Waals surface area contributed by atoms with Gasteiger partial charge in [-0.05, 0) is 12.8 Å². The van der Waals surface area contributed by atoms with E-state index < -0.39 is 11.9 Å². The number of rotatable bonds is 8. The van der Waals surface area contributed by atoms with Crippen molar-refractivity contribution in [1.29, 1.82) is 0 Å². The van der Waals surface area contributed by atoms with Crippen molar-refractivity contribution in [3.8, 4) is 0 Å². The second-order valence-electron chi connectivity index (χ2n) is 3.38. The van der Waals surface area contributed by atoms with E-state index in [4.69, 9.17) is 9.84 Å². The van der Waals surface area contributed by atoms with Crippen LogP contribution in [0.25, 0.3) is 0 Å². The Balaban J connectivity index is 3.98. The summed E-state index contributed by atoms with van der Waals surface area (Å²) < 4.78 is 4.80. The zero-order valence-electron chi connectivity index (χ0n) is 10.1. The number of carbonyl (C=O) groups is 3. The SMILES string of the molecule is C=CCC(CCOC(=O)C=CC(=O)O)SC(C)=O. The van der Waals surface area contributed by atoms with E-state index in [0.29, 0.717) is 18.9 Å². The first-order valence-electron chi connectivity index (χ1n) is 5.31. The monoisotopic (exact) mass is 272 g/mol. The number of allylic oxidation sites excluding steroid dienone is 1. The molecule has 1 unspecified atom stereocenters. The van der Waals surface area contributed by atoms with Crippen LogP contribution in [0.4, 0.5) is 0 Å². The molecule has 0 aromatic carbocycles. The maximum atomic E-state index is 11.0. The number of esters is 1. The molecule has 1 N–H and O–H groups in total. The van der Waals surface area contributed by atoms with E-state index in [1.54, 1.807) is 6.08 Å². The van der Waals surface area contributed by atoms with E-state index in [0.717, 1.165) is 6.08 Å². The number of ether oxygens (including phenoxy) is 1. The van der Waals surface area contributed by atoms with Gasteiger partial charge < -0.3 is 9.84 Å². The average Bonchev–Trinajstić information content (AvgIpc) is 2.25. The molecular formula is C12H16O5S. The van der Waals surface area contributed by atoms with Crippen LogP contribution < -0.4 is 0 Å². The quantitative estimate of drug-likeness (QED) is 0.412. The minimum atomic E-state index is -1.20. The second-order valence-corrected chi connectivity index (χ2v) is 4.86. The Morgan fingerprint density at radius 3 is 2.56 bits per heavy atom. The molecule has 6 heteroatoms. The Bertz CT molecular complexity index is 348. The first kappa shape index (κ1) is 16.4. The highest BCUT2D eigenvalue weighted by molar-refractivity contribution is 8.14. The molecule has 0 aliphatic carbocycles. The minimum absolute atomic E-state index is 0.000973. The van der Waals surface area contributed by atoms with Crippen LogP contribution in [-0.2, 0) is 19.1 Å². The van der Waals surface area contributed by atoms with Crippen molar-refractivity contribution in [1.82, 2.24) is 0 Å². The number of carbonyl (C=O) groups excluding carboxylic acids is 2. The van der Waals surface area contributed by atoms with Gasteiger partial charge in [0.15, 0.2) is 5.12 Å². The predicted octanol–water partition coefficient (Wildman–Crippen LogP) is 1.78. The molecule has 100 valence electrons.